The normalized spacial score (nSPS) is 27.5. The highest BCUT2D eigenvalue weighted by molar-refractivity contribution is 5.50. The predicted octanol–water partition coefficient (Wildman–Crippen LogP) is 5.64. The summed E-state index contributed by atoms with van der Waals surface area (Å²) in [4.78, 5) is 4.85. The summed E-state index contributed by atoms with van der Waals surface area (Å²) < 4.78 is 14.7. The van der Waals surface area contributed by atoms with Gasteiger partial charge in [-0.1, -0.05) is 35.9 Å². The van der Waals surface area contributed by atoms with E-state index in [1.54, 1.807) is 6.07 Å². The van der Waals surface area contributed by atoms with Gasteiger partial charge in [-0.3, -0.25) is 4.90 Å². The van der Waals surface area contributed by atoms with Crippen LogP contribution in [0.4, 0.5) is 10.1 Å². The number of benzene rings is 2. The molecule has 3 fully saturated rings. The first kappa shape index (κ1) is 18.2. The molecule has 0 radical (unpaired) electrons. The van der Waals surface area contributed by atoms with Crippen LogP contribution < -0.4 is 4.90 Å². The molecule has 3 heteroatoms. The van der Waals surface area contributed by atoms with Crippen molar-refractivity contribution in [2.45, 2.75) is 70.0 Å². The van der Waals surface area contributed by atoms with Crippen LogP contribution in [0.5, 0.6) is 0 Å². The minimum atomic E-state index is -0.0405. The third kappa shape index (κ3) is 3.45. The van der Waals surface area contributed by atoms with Gasteiger partial charge in [-0.2, -0.15) is 0 Å². The molecule has 2 bridgehead atoms. The number of anilines is 1. The Morgan fingerprint density at radius 3 is 2.25 bits per heavy atom. The molecular weight excluding hydrogens is 347 g/mol. The van der Waals surface area contributed by atoms with Gasteiger partial charge in [0.25, 0.3) is 0 Å². The Morgan fingerprint density at radius 2 is 1.61 bits per heavy atom. The lowest BCUT2D eigenvalue weighted by Crippen LogP contribution is -2.41. The van der Waals surface area contributed by atoms with Crippen molar-refractivity contribution < 1.29 is 4.39 Å². The monoisotopic (exact) mass is 378 g/mol. The maximum absolute atomic E-state index is 14.7. The summed E-state index contributed by atoms with van der Waals surface area (Å²) in [7, 11) is 0. The van der Waals surface area contributed by atoms with Crippen molar-refractivity contribution >= 4 is 5.69 Å². The standard InChI is InChI=1S/C25H31FN2/c1-18-4-7-20(8-5-18)21-15-22-9-10-23(16-21)28(22)17-19-6-11-25(24(26)14-19)27-12-2-3-13-27/h4-8,11,14,21-23H,2-3,9-10,12-13,15-17H2,1H3/t22-,23-/m1/s1. The fourth-order valence-electron chi connectivity index (χ4n) is 5.72. The van der Waals surface area contributed by atoms with Gasteiger partial charge in [-0.05, 0) is 74.6 Å². The molecule has 0 saturated carbocycles. The maximum Gasteiger partial charge on any atom is 0.146 e. The number of piperidine rings is 1. The lowest BCUT2D eigenvalue weighted by Gasteiger charge is -2.39. The Hall–Kier alpha value is -1.87. The molecule has 3 aliphatic heterocycles. The van der Waals surface area contributed by atoms with Crippen LogP contribution in [0.1, 0.15) is 61.1 Å². The van der Waals surface area contributed by atoms with E-state index >= 15 is 0 Å². The summed E-state index contributed by atoms with van der Waals surface area (Å²) in [6.45, 7) is 5.04. The first-order chi connectivity index (χ1) is 13.7. The molecule has 3 saturated heterocycles. The quantitative estimate of drug-likeness (QED) is 0.679. The van der Waals surface area contributed by atoms with Crippen molar-refractivity contribution in [3.8, 4) is 0 Å². The first-order valence-electron chi connectivity index (χ1n) is 11.0. The largest absolute Gasteiger partial charge is 0.369 e. The van der Waals surface area contributed by atoms with Gasteiger partial charge in [0.2, 0.25) is 0 Å². The molecule has 2 aromatic carbocycles. The zero-order chi connectivity index (χ0) is 19.1. The zero-order valence-electron chi connectivity index (χ0n) is 16.9. The summed E-state index contributed by atoms with van der Waals surface area (Å²) in [5.41, 5.74) is 4.76. The second-order valence-electron chi connectivity index (χ2n) is 9.12. The Morgan fingerprint density at radius 1 is 0.929 bits per heavy atom. The van der Waals surface area contributed by atoms with Crippen LogP contribution >= 0.6 is 0 Å². The van der Waals surface area contributed by atoms with Crippen molar-refractivity contribution in [1.82, 2.24) is 4.90 Å². The molecule has 3 heterocycles. The van der Waals surface area contributed by atoms with Gasteiger partial charge >= 0.3 is 0 Å². The lowest BCUT2D eigenvalue weighted by atomic mass is 9.84. The van der Waals surface area contributed by atoms with Crippen LogP contribution in [0, 0.1) is 12.7 Å². The Balaban J connectivity index is 1.28. The van der Waals surface area contributed by atoms with Crippen LogP contribution in [-0.2, 0) is 6.54 Å². The molecule has 0 unspecified atom stereocenters. The molecule has 2 aromatic rings. The summed E-state index contributed by atoms with van der Waals surface area (Å²) in [5.74, 6) is 0.643. The Labute approximate surface area is 168 Å². The molecule has 3 aliphatic rings. The zero-order valence-corrected chi connectivity index (χ0v) is 16.9. The van der Waals surface area contributed by atoms with E-state index in [4.69, 9.17) is 0 Å². The molecule has 2 nitrogen and oxygen atoms in total. The number of nitrogens with zero attached hydrogens (tertiary/aromatic N) is 2. The molecule has 28 heavy (non-hydrogen) atoms. The minimum absolute atomic E-state index is 0.0405. The van der Waals surface area contributed by atoms with Gasteiger partial charge in [0.1, 0.15) is 5.82 Å². The van der Waals surface area contributed by atoms with Gasteiger partial charge < -0.3 is 4.90 Å². The van der Waals surface area contributed by atoms with Crippen molar-refractivity contribution in [3.05, 3.63) is 65.0 Å². The van der Waals surface area contributed by atoms with Gasteiger partial charge in [-0.15, -0.1) is 0 Å². The molecule has 0 aliphatic carbocycles. The predicted molar refractivity (Wildman–Crippen MR) is 113 cm³/mol. The van der Waals surface area contributed by atoms with E-state index in [-0.39, 0.29) is 5.82 Å². The SMILES string of the molecule is Cc1ccc(C2C[C@H]3CC[C@H](C2)N3Cc2ccc(N3CCCC3)c(F)c2)cc1. The van der Waals surface area contributed by atoms with E-state index in [0.29, 0.717) is 18.0 Å². The second-order valence-corrected chi connectivity index (χ2v) is 9.12. The Kier molecular flexibility index (Phi) is 4.88. The van der Waals surface area contributed by atoms with Gasteiger partial charge in [0, 0.05) is 31.7 Å². The number of aryl methyl sites for hydroxylation is 1. The molecule has 5 rings (SSSR count). The summed E-state index contributed by atoms with van der Waals surface area (Å²) in [6.07, 6.45) is 7.44. The second kappa shape index (κ2) is 7.51. The van der Waals surface area contributed by atoms with Gasteiger partial charge in [0.15, 0.2) is 0 Å². The van der Waals surface area contributed by atoms with Crippen LogP contribution in [0.3, 0.4) is 0 Å². The average Bonchev–Trinajstić information content (AvgIpc) is 3.29. The summed E-state index contributed by atoms with van der Waals surface area (Å²) in [6, 6.07) is 16.4. The fourth-order valence-corrected chi connectivity index (χ4v) is 5.72. The molecule has 148 valence electrons. The lowest BCUT2D eigenvalue weighted by molar-refractivity contribution is 0.118. The van der Waals surface area contributed by atoms with E-state index in [0.717, 1.165) is 30.9 Å². The summed E-state index contributed by atoms with van der Waals surface area (Å²) >= 11 is 0. The van der Waals surface area contributed by atoms with Crippen LogP contribution in [-0.4, -0.2) is 30.1 Å². The minimum Gasteiger partial charge on any atom is -0.369 e. The molecule has 0 aromatic heterocycles. The van der Waals surface area contributed by atoms with E-state index in [2.05, 4.69) is 47.1 Å². The highest BCUT2D eigenvalue weighted by atomic mass is 19.1. The first-order valence-corrected chi connectivity index (χ1v) is 11.0. The Bertz CT molecular complexity index is 811. The summed E-state index contributed by atoms with van der Waals surface area (Å²) in [5, 5.41) is 0. The topological polar surface area (TPSA) is 6.48 Å². The number of hydrogen-bond acceptors (Lipinski definition) is 2. The van der Waals surface area contributed by atoms with E-state index in [9.17, 15) is 4.39 Å². The van der Waals surface area contributed by atoms with E-state index in [1.807, 2.05) is 6.07 Å². The highest BCUT2D eigenvalue weighted by Crippen LogP contribution is 2.43. The molecule has 0 N–H and O–H groups in total. The van der Waals surface area contributed by atoms with Crippen LogP contribution in [0.25, 0.3) is 0 Å². The van der Waals surface area contributed by atoms with Crippen LogP contribution in [0.2, 0.25) is 0 Å². The maximum atomic E-state index is 14.7. The van der Waals surface area contributed by atoms with Gasteiger partial charge in [0.05, 0.1) is 5.69 Å². The number of rotatable bonds is 4. The molecule has 0 amide bonds. The average molecular weight is 379 g/mol. The molecule has 2 atom stereocenters. The van der Waals surface area contributed by atoms with Crippen molar-refractivity contribution in [3.63, 3.8) is 0 Å². The number of hydrogen-bond donors (Lipinski definition) is 0. The van der Waals surface area contributed by atoms with Crippen LogP contribution in [0.15, 0.2) is 42.5 Å². The van der Waals surface area contributed by atoms with Crippen molar-refractivity contribution in [2.24, 2.45) is 0 Å². The van der Waals surface area contributed by atoms with Gasteiger partial charge in [-0.25, -0.2) is 4.39 Å². The van der Waals surface area contributed by atoms with E-state index in [1.165, 1.54) is 49.7 Å². The van der Waals surface area contributed by atoms with Crippen molar-refractivity contribution in [2.75, 3.05) is 18.0 Å². The smallest absolute Gasteiger partial charge is 0.146 e. The third-order valence-corrected chi connectivity index (χ3v) is 7.26. The number of halogens is 1. The third-order valence-electron chi connectivity index (χ3n) is 7.26. The molecular formula is C25H31FN2. The fraction of sp³-hybridized carbons (Fsp3) is 0.520. The molecule has 0 spiro atoms. The van der Waals surface area contributed by atoms with Crippen molar-refractivity contribution in [1.29, 1.82) is 0 Å². The highest BCUT2D eigenvalue weighted by Gasteiger charge is 2.40. The number of fused-ring (bicyclic) bond motifs is 2. The van der Waals surface area contributed by atoms with E-state index < -0.39 is 0 Å².